The van der Waals surface area contributed by atoms with E-state index in [1.807, 2.05) is 42.2 Å². The minimum absolute atomic E-state index is 0.0953. The second kappa shape index (κ2) is 8.47. The number of rotatable bonds is 6. The lowest BCUT2D eigenvalue weighted by Gasteiger charge is -2.28. The minimum atomic E-state index is -0.277. The van der Waals surface area contributed by atoms with Gasteiger partial charge in [0.25, 0.3) is 0 Å². The molecule has 0 unspecified atom stereocenters. The zero-order chi connectivity index (χ0) is 22.2. The summed E-state index contributed by atoms with van der Waals surface area (Å²) >= 11 is 6.16. The number of hydrogen-bond acceptors (Lipinski definition) is 3. The van der Waals surface area contributed by atoms with Gasteiger partial charge >= 0.3 is 6.03 Å². The largest absolute Gasteiger partial charge is 0.358 e. The molecular weight excluding hydrogens is 426 g/mol. The molecule has 0 bridgehead atoms. The van der Waals surface area contributed by atoms with E-state index in [9.17, 15) is 9.59 Å². The average Bonchev–Trinajstić information content (AvgIpc) is 3.49. The van der Waals surface area contributed by atoms with E-state index in [1.165, 1.54) is 0 Å². The van der Waals surface area contributed by atoms with Crippen molar-refractivity contribution in [1.29, 1.82) is 0 Å². The Morgan fingerprint density at radius 2 is 2.16 bits per heavy atom. The van der Waals surface area contributed by atoms with E-state index in [0.29, 0.717) is 24.4 Å². The highest BCUT2D eigenvalue weighted by Gasteiger charge is 2.47. The van der Waals surface area contributed by atoms with Crippen molar-refractivity contribution in [3.05, 3.63) is 64.6 Å². The first-order valence-corrected chi connectivity index (χ1v) is 11.4. The van der Waals surface area contributed by atoms with Gasteiger partial charge in [0.15, 0.2) is 0 Å². The summed E-state index contributed by atoms with van der Waals surface area (Å²) in [5, 5.41) is 7.77. The third kappa shape index (κ3) is 4.05. The summed E-state index contributed by atoms with van der Waals surface area (Å²) < 4.78 is 0. The van der Waals surface area contributed by atoms with E-state index in [4.69, 9.17) is 11.6 Å². The van der Waals surface area contributed by atoms with Gasteiger partial charge in [-0.1, -0.05) is 17.7 Å². The van der Waals surface area contributed by atoms with Gasteiger partial charge in [0.1, 0.15) is 0 Å². The van der Waals surface area contributed by atoms with Crippen LogP contribution in [0.1, 0.15) is 42.1 Å². The van der Waals surface area contributed by atoms with Crippen molar-refractivity contribution in [1.82, 2.24) is 25.5 Å². The summed E-state index contributed by atoms with van der Waals surface area (Å²) in [5.41, 5.74) is 4.21. The summed E-state index contributed by atoms with van der Waals surface area (Å²) in [6.45, 7) is 2.51. The molecule has 3 aromatic rings. The molecule has 8 heteroatoms. The lowest BCUT2D eigenvalue weighted by molar-refractivity contribution is -0.129. The van der Waals surface area contributed by atoms with E-state index in [0.717, 1.165) is 40.6 Å². The number of aromatic nitrogens is 2. The molecule has 0 spiro atoms. The highest BCUT2D eigenvalue weighted by Crippen LogP contribution is 2.41. The number of hydrogen-bond donors (Lipinski definition) is 3. The summed E-state index contributed by atoms with van der Waals surface area (Å²) in [4.78, 5) is 35.0. The molecule has 32 heavy (non-hydrogen) atoms. The van der Waals surface area contributed by atoms with E-state index in [-0.39, 0.29) is 30.1 Å². The molecule has 2 aromatic heterocycles. The Kier molecular flexibility index (Phi) is 5.51. The Morgan fingerprint density at radius 3 is 2.91 bits per heavy atom. The molecule has 1 saturated carbocycles. The maximum atomic E-state index is 12.7. The molecule has 2 aliphatic rings. The number of nitrogens with zero attached hydrogens (tertiary/aromatic N) is 2. The lowest BCUT2D eigenvalue weighted by atomic mass is 10.0. The third-order valence-corrected chi connectivity index (χ3v) is 6.62. The van der Waals surface area contributed by atoms with Gasteiger partial charge in [0, 0.05) is 53.0 Å². The van der Waals surface area contributed by atoms with Gasteiger partial charge in [0.2, 0.25) is 5.91 Å². The van der Waals surface area contributed by atoms with Crippen LogP contribution in [-0.2, 0) is 11.2 Å². The Balaban J connectivity index is 1.24. The average molecular weight is 452 g/mol. The van der Waals surface area contributed by atoms with Gasteiger partial charge in [-0.2, -0.15) is 0 Å². The molecule has 7 nitrogen and oxygen atoms in total. The molecule has 1 aromatic carbocycles. The first-order chi connectivity index (χ1) is 15.5. The maximum Gasteiger partial charge on any atom is 0.315 e. The standard InChI is InChI=1S/C24H26ClN5O2/c1-14-18(19-11-16(25)4-7-20(19)28-14)8-10-27-24(32)29-21-12-22(31)30(17-5-6-17)23(21)15-3-2-9-26-13-15/h2-4,7,9,11,13,17,21,23,28H,5-6,8,10,12H2,1H3,(H2,27,29,32)/t21-,23+/m1/s1. The van der Waals surface area contributed by atoms with Crippen LogP contribution in [-0.4, -0.2) is 45.4 Å². The van der Waals surface area contributed by atoms with Crippen LogP contribution in [0.4, 0.5) is 4.79 Å². The number of pyridine rings is 1. The minimum Gasteiger partial charge on any atom is -0.358 e. The number of H-pyrrole nitrogens is 1. The fourth-order valence-corrected chi connectivity index (χ4v) is 4.98. The van der Waals surface area contributed by atoms with Crippen LogP contribution in [0, 0.1) is 6.92 Å². The number of fused-ring (bicyclic) bond motifs is 1. The van der Waals surface area contributed by atoms with Gasteiger partial charge in [-0.25, -0.2) is 4.79 Å². The van der Waals surface area contributed by atoms with Crippen LogP contribution < -0.4 is 10.6 Å². The first-order valence-electron chi connectivity index (χ1n) is 11.0. The predicted octanol–water partition coefficient (Wildman–Crippen LogP) is 3.87. The molecule has 1 aliphatic heterocycles. The van der Waals surface area contributed by atoms with Gasteiger partial charge in [-0.15, -0.1) is 0 Å². The molecule has 1 saturated heterocycles. The number of nitrogens with one attached hydrogen (secondary N) is 3. The SMILES string of the molecule is Cc1[nH]c2ccc(Cl)cc2c1CCNC(=O)N[C@@H]1CC(=O)N(C2CC2)[C@H]1c1cccnc1. The van der Waals surface area contributed by atoms with E-state index >= 15 is 0 Å². The highest BCUT2D eigenvalue weighted by atomic mass is 35.5. The fourth-order valence-electron chi connectivity index (χ4n) is 4.81. The number of aryl methyl sites for hydroxylation is 1. The van der Waals surface area contributed by atoms with E-state index in [1.54, 1.807) is 12.4 Å². The molecule has 2 fully saturated rings. The van der Waals surface area contributed by atoms with Crippen molar-refractivity contribution < 1.29 is 9.59 Å². The van der Waals surface area contributed by atoms with E-state index in [2.05, 4.69) is 20.6 Å². The second-order valence-electron chi connectivity index (χ2n) is 8.64. The van der Waals surface area contributed by atoms with Crippen LogP contribution in [0.2, 0.25) is 5.02 Å². The molecule has 1 aliphatic carbocycles. The Hall–Kier alpha value is -3.06. The number of likely N-dealkylation sites (tertiary alicyclic amines) is 1. The van der Waals surface area contributed by atoms with Crippen LogP contribution in [0.5, 0.6) is 0 Å². The van der Waals surface area contributed by atoms with Crippen molar-refractivity contribution in [3.63, 3.8) is 0 Å². The number of carbonyl (C=O) groups is 2. The van der Waals surface area contributed by atoms with Crippen molar-refractivity contribution in [2.45, 2.75) is 50.7 Å². The Morgan fingerprint density at radius 1 is 1.31 bits per heavy atom. The molecule has 2 atom stereocenters. The molecule has 3 heterocycles. The normalized spacial score (nSPS) is 20.7. The van der Waals surface area contributed by atoms with Crippen LogP contribution in [0.25, 0.3) is 10.9 Å². The zero-order valence-electron chi connectivity index (χ0n) is 17.9. The Labute approximate surface area is 191 Å². The van der Waals surface area contributed by atoms with Crippen molar-refractivity contribution >= 4 is 34.4 Å². The zero-order valence-corrected chi connectivity index (χ0v) is 18.7. The number of benzene rings is 1. The third-order valence-electron chi connectivity index (χ3n) is 6.39. The summed E-state index contributed by atoms with van der Waals surface area (Å²) in [6, 6.07) is 9.19. The van der Waals surface area contributed by atoms with Crippen molar-refractivity contribution in [2.24, 2.45) is 0 Å². The summed E-state index contributed by atoms with van der Waals surface area (Å²) in [5.74, 6) is 0.0953. The maximum absolute atomic E-state index is 12.7. The van der Waals surface area contributed by atoms with Crippen LogP contribution >= 0.6 is 11.6 Å². The van der Waals surface area contributed by atoms with E-state index < -0.39 is 0 Å². The van der Waals surface area contributed by atoms with Gasteiger partial charge < -0.3 is 20.5 Å². The monoisotopic (exact) mass is 451 g/mol. The molecule has 3 N–H and O–H groups in total. The fraction of sp³-hybridized carbons (Fsp3) is 0.375. The molecule has 5 rings (SSSR count). The van der Waals surface area contributed by atoms with Gasteiger partial charge in [-0.3, -0.25) is 9.78 Å². The van der Waals surface area contributed by atoms with Crippen LogP contribution in [0.15, 0.2) is 42.7 Å². The number of urea groups is 1. The smallest absolute Gasteiger partial charge is 0.315 e. The van der Waals surface area contributed by atoms with Crippen LogP contribution in [0.3, 0.4) is 0 Å². The Bertz CT molecular complexity index is 1160. The lowest BCUT2D eigenvalue weighted by Crippen LogP contribution is -2.45. The van der Waals surface area contributed by atoms with Gasteiger partial charge in [0.05, 0.1) is 12.1 Å². The first kappa shape index (κ1) is 20.8. The second-order valence-corrected chi connectivity index (χ2v) is 9.08. The van der Waals surface area contributed by atoms with Crippen molar-refractivity contribution in [2.75, 3.05) is 6.54 Å². The summed E-state index contributed by atoms with van der Waals surface area (Å²) in [7, 11) is 0. The number of aromatic amines is 1. The van der Waals surface area contributed by atoms with Crippen molar-refractivity contribution in [3.8, 4) is 0 Å². The molecule has 166 valence electrons. The molecule has 0 radical (unpaired) electrons. The highest BCUT2D eigenvalue weighted by molar-refractivity contribution is 6.31. The number of amides is 3. The quantitative estimate of drug-likeness (QED) is 0.531. The predicted molar refractivity (Wildman–Crippen MR) is 124 cm³/mol. The summed E-state index contributed by atoms with van der Waals surface area (Å²) in [6.07, 6.45) is 6.55. The van der Waals surface area contributed by atoms with Gasteiger partial charge in [-0.05, 0) is 61.6 Å². The molecular formula is C24H26ClN5O2. The molecule has 3 amide bonds. The topological polar surface area (TPSA) is 90.1 Å². The number of halogens is 1. The number of carbonyl (C=O) groups excluding carboxylic acids is 2.